The van der Waals surface area contributed by atoms with E-state index in [1.54, 1.807) is 12.4 Å². The van der Waals surface area contributed by atoms with Crippen LogP contribution in [0.5, 0.6) is 0 Å². The fraction of sp³-hybridized carbons (Fsp3) is 0.385. The van der Waals surface area contributed by atoms with Crippen molar-refractivity contribution in [1.29, 1.82) is 0 Å². The first-order valence-corrected chi connectivity index (χ1v) is 11.4. The predicted octanol–water partition coefficient (Wildman–Crippen LogP) is 4.26. The summed E-state index contributed by atoms with van der Waals surface area (Å²) < 4.78 is 5.46. The number of aromatic nitrogens is 3. The Morgan fingerprint density at radius 2 is 1.94 bits per heavy atom. The van der Waals surface area contributed by atoms with Crippen LogP contribution in [-0.2, 0) is 9.53 Å². The number of nitrogens with zero attached hydrogens (tertiary/aromatic N) is 4. The summed E-state index contributed by atoms with van der Waals surface area (Å²) in [6.45, 7) is 4.86. The van der Waals surface area contributed by atoms with Gasteiger partial charge in [0.15, 0.2) is 5.82 Å². The molecule has 1 aromatic carbocycles. The average Bonchev–Trinajstić information content (AvgIpc) is 3.39. The summed E-state index contributed by atoms with van der Waals surface area (Å²) in [5.74, 6) is 1.11. The minimum Gasteiger partial charge on any atom is -0.381 e. The number of aryl methyl sites for hydroxylation is 1. The number of benzene rings is 1. The molecule has 6 nitrogen and oxygen atoms in total. The van der Waals surface area contributed by atoms with Crippen molar-refractivity contribution in [3.8, 4) is 22.5 Å². The third-order valence-corrected chi connectivity index (χ3v) is 6.59. The third kappa shape index (κ3) is 4.15. The molecule has 0 N–H and O–H groups in total. The SMILES string of the molecule is Cc1ccccc1-c1cnc(-c2ccncc2)nc1[C@H]1CCCN(C(=O)[C@@H]2CCOC2)C1. The molecule has 2 aliphatic rings. The normalized spacial score (nSPS) is 21.0. The van der Waals surface area contributed by atoms with Crippen LogP contribution in [-0.4, -0.2) is 52.1 Å². The van der Waals surface area contributed by atoms with E-state index in [-0.39, 0.29) is 17.7 Å². The van der Waals surface area contributed by atoms with Gasteiger partial charge in [-0.2, -0.15) is 0 Å². The van der Waals surface area contributed by atoms with Gasteiger partial charge < -0.3 is 9.64 Å². The lowest BCUT2D eigenvalue weighted by molar-refractivity contribution is -0.136. The van der Waals surface area contributed by atoms with Crippen molar-refractivity contribution < 1.29 is 9.53 Å². The number of carbonyl (C=O) groups is 1. The van der Waals surface area contributed by atoms with E-state index in [4.69, 9.17) is 14.7 Å². The lowest BCUT2D eigenvalue weighted by atomic mass is 9.88. The highest BCUT2D eigenvalue weighted by Gasteiger charge is 2.33. The second kappa shape index (κ2) is 9.17. The Balaban J connectivity index is 1.52. The van der Waals surface area contributed by atoms with Gasteiger partial charge in [0, 0.05) is 55.3 Å². The Morgan fingerprint density at radius 1 is 1.09 bits per heavy atom. The van der Waals surface area contributed by atoms with Gasteiger partial charge in [0.25, 0.3) is 0 Å². The number of carbonyl (C=O) groups excluding carboxylic acids is 1. The van der Waals surface area contributed by atoms with Crippen molar-refractivity contribution in [2.24, 2.45) is 5.92 Å². The Hall–Kier alpha value is -3.12. The zero-order valence-electron chi connectivity index (χ0n) is 18.4. The molecule has 4 heterocycles. The first-order chi connectivity index (χ1) is 15.7. The van der Waals surface area contributed by atoms with Gasteiger partial charge in [-0.25, -0.2) is 9.97 Å². The highest BCUT2D eigenvalue weighted by Crippen LogP contribution is 2.36. The maximum absolute atomic E-state index is 13.1. The lowest BCUT2D eigenvalue weighted by Crippen LogP contribution is -2.42. The van der Waals surface area contributed by atoms with Crippen molar-refractivity contribution in [1.82, 2.24) is 19.9 Å². The van der Waals surface area contributed by atoms with Crippen LogP contribution in [0.25, 0.3) is 22.5 Å². The van der Waals surface area contributed by atoms with Crippen molar-refractivity contribution in [2.75, 3.05) is 26.3 Å². The van der Waals surface area contributed by atoms with E-state index < -0.39 is 0 Å². The van der Waals surface area contributed by atoms with Crippen molar-refractivity contribution >= 4 is 5.91 Å². The molecule has 164 valence electrons. The van der Waals surface area contributed by atoms with E-state index >= 15 is 0 Å². The molecule has 0 bridgehead atoms. The molecule has 3 aromatic rings. The molecular formula is C26H28N4O2. The molecule has 0 radical (unpaired) electrons. The summed E-state index contributed by atoms with van der Waals surface area (Å²) in [6.07, 6.45) is 8.29. The minimum absolute atomic E-state index is 0.00219. The number of piperidine rings is 1. The van der Waals surface area contributed by atoms with Gasteiger partial charge in [0.1, 0.15) is 0 Å². The molecule has 6 heteroatoms. The monoisotopic (exact) mass is 428 g/mol. The van der Waals surface area contributed by atoms with Gasteiger partial charge in [-0.15, -0.1) is 0 Å². The van der Waals surface area contributed by atoms with Crippen LogP contribution >= 0.6 is 0 Å². The molecule has 2 aliphatic heterocycles. The summed E-state index contributed by atoms with van der Waals surface area (Å²) in [5, 5.41) is 0. The zero-order chi connectivity index (χ0) is 21.9. The first-order valence-electron chi connectivity index (χ1n) is 11.4. The topological polar surface area (TPSA) is 68.2 Å². The zero-order valence-corrected chi connectivity index (χ0v) is 18.4. The van der Waals surface area contributed by atoms with E-state index in [0.29, 0.717) is 25.6 Å². The Kier molecular flexibility index (Phi) is 5.95. The number of rotatable bonds is 4. The number of ether oxygens (including phenoxy) is 1. The van der Waals surface area contributed by atoms with Crippen LogP contribution in [0.1, 0.15) is 36.4 Å². The fourth-order valence-electron chi connectivity index (χ4n) is 4.82. The van der Waals surface area contributed by atoms with E-state index in [9.17, 15) is 4.79 Å². The smallest absolute Gasteiger partial charge is 0.228 e. The van der Waals surface area contributed by atoms with E-state index in [0.717, 1.165) is 48.2 Å². The molecule has 32 heavy (non-hydrogen) atoms. The lowest BCUT2D eigenvalue weighted by Gasteiger charge is -2.34. The maximum Gasteiger partial charge on any atom is 0.228 e. The van der Waals surface area contributed by atoms with Crippen LogP contribution < -0.4 is 0 Å². The Bertz CT molecular complexity index is 1100. The van der Waals surface area contributed by atoms with Crippen LogP contribution in [0.3, 0.4) is 0 Å². The molecule has 2 atom stereocenters. The van der Waals surface area contributed by atoms with Crippen LogP contribution in [0.15, 0.2) is 55.0 Å². The third-order valence-electron chi connectivity index (χ3n) is 6.59. The molecule has 2 fully saturated rings. The van der Waals surface area contributed by atoms with E-state index in [2.05, 4.69) is 36.2 Å². The number of amides is 1. The second-order valence-corrected chi connectivity index (χ2v) is 8.73. The quantitative estimate of drug-likeness (QED) is 0.621. The van der Waals surface area contributed by atoms with Crippen molar-refractivity contribution in [3.05, 3.63) is 66.2 Å². The fourth-order valence-corrected chi connectivity index (χ4v) is 4.82. The molecule has 2 saturated heterocycles. The number of likely N-dealkylation sites (tertiary alicyclic amines) is 1. The summed E-state index contributed by atoms with van der Waals surface area (Å²) in [7, 11) is 0. The highest BCUT2D eigenvalue weighted by atomic mass is 16.5. The second-order valence-electron chi connectivity index (χ2n) is 8.73. The molecule has 2 aromatic heterocycles. The molecule has 0 spiro atoms. The Labute approximate surface area is 188 Å². The molecule has 0 unspecified atom stereocenters. The molecule has 5 rings (SSSR count). The Morgan fingerprint density at radius 3 is 2.72 bits per heavy atom. The first kappa shape index (κ1) is 20.8. The molecule has 0 saturated carbocycles. The van der Waals surface area contributed by atoms with E-state index in [1.807, 2.05) is 23.2 Å². The molecule has 1 amide bonds. The summed E-state index contributed by atoms with van der Waals surface area (Å²) in [4.78, 5) is 29.0. The average molecular weight is 429 g/mol. The van der Waals surface area contributed by atoms with Gasteiger partial charge in [0.05, 0.1) is 18.2 Å². The van der Waals surface area contributed by atoms with Gasteiger partial charge in [-0.1, -0.05) is 24.3 Å². The van der Waals surface area contributed by atoms with Gasteiger partial charge in [-0.05, 0) is 49.4 Å². The van der Waals surface area contributed by atoms with Crippen LogP contribution in [0.2, 0.25) is 0 Å². The highest BCUT2D eigenvalue weighted by molar-refractivity contribution is 5.79. The standard InChI is InChI=1S/C26H28N4O2/c1-18-5-2-3-7-22(18)23-15-28-25(19-8-11-27-12-9-19)29-24(23)20-6-4-13-30(16-20)26(31)21-10-14-32-17-21/h2-3,5,7-9,11-12,15,20-21H,4,6,10,13-14,16-17H2,1H3/t20-,21+/m0/s1. The summed E-state index contributed by atoms with van der Waals surface area (Å²) >= 11 is 0. The van der Waals surface area contributed by atoms with E-state index in [1.165, 1.54) is 5.56 Å². The minimum atomic E-state index is 0.00219. The van der Waals surface area contributed by atoms with Gasteiger partial charge >= 0.3 is 0 Å². The van der Waals surface area contributed by atoms with Crippen molar-refractivity contribution in [3.63, 3.8) is 0 Å². The molecule has 0 aliphatic carbocycles. The van der Waals surface area contributed by atoms with Crippen LogP contribution in [0, 0.1) is 12.8 Å². The summed E-state index contributed by atoms with van der Waals surface area (Å²) in [6, 6.07) is 12.2. The van der Waals surface area contributed by atoms with Crippen molar-refractivity contribution in [2.45, 2.75) is 32.1 Å². The predicted molar refractivity (Wildman–Crippen MR) is 123 cm³/mol. The summed E-state index contributed by atoms with van der Waals surface area (Å²) in [5.41, 5.74) is 5.38. The molecular weight excluding hydrogens is 400 g/mol. The van der Waals surface area contributed by atoms with Gasteiger partial charge in [0.2, 0.25) is 5.91 Å². The van der Waals surface area contributed by atoms with Crippen LogP contribution in [0.4, 0.5) is 0 Å². The largest absolute Gasteiger partial charge is 0.381 e. The maximum atomic E-state index is 13.1. The van der Waals surface area contributed by atoms with Gasteiger partial charge in [-0.3, -0.25) is 9.78 Å². The number of hydrogen-bond acceptors (Lipinski definition) is 5. The number of pyridine rings is 1. The number of hydrogen-bond donors (Lipinski definition) is 0.